The smallest absolute Gasteiger partial charge is 0.337 e. The maximum atomic E-state index is 12.2. The number of aromatic carboxylic acids is 1. The summed E-state index contributed by atoms with van der Waals surface area (Å²) in [6, 6.07) is 9.67. The quantitative estimate of drug-likeness (QED) is 0.846. The fraction of sp³-hybridized carbons (Fsp3) is 0.0667. The Hall–Kier alpha value is -1.85. The van der Waals surface area contributed by atoms with Gasteiger partial charge in [0, 0.05) is 15.7 Å². The van der Waals surface area contributed by atoms with Crippen LogP contribution in [0.5, 0.6) is 0 Å². The topological polar surface area (TPSA) is 66.4 Å². The number of hydrogen-bond donors (Lipinski definition) is 2. The van der Waals surface area contributed by atoms with E-state index in [0.29, 0.717) is 11.3 Å². The molecule has 0 spiro atoms. The second kappa shape index (κ2) is 6.28. The van der Waals surface area contributed by atoms with Crippen LogP contribution in [-0.2, 0) is 0 Å². The Morgan fingerprint density at radius 1 is 1.14 bits per heavy atom. The number of carboxylic acids is 1. The van der Waals surface area contributed by atoms with E-state index in [2.05, 4.69) is 21.2 Å². The minimum Gasteiger partial charge on any atom is -0.478 e. The first-order chi connectivity index (χ1) is 9.88. The van der Waals surface area contributed by atoms with E-state index in [0.717, 1.165) is 10.0 Å². The van der Waals surface area contributed by atoms with E-state index in [1.165, 1.54) is 18.2 Å². The molecule has 0 fully saturated rings. The molecule has 2 aromatic carbocycles. The first-order valence-corrected chi connectivity index (χ1v) is 7.16. The van der Waals surface area contributed by atoms with Crippen molar-refractivity contribution in [3.63, 3.8) is 0 Å². The molecule has 6 heteroatoms. The molecule has 0 saturated carbocycles. The highest BCUT2D eigenvalue weighted by atomic mass is 79.9. The molecule has 2 N–H and O–H groups in total. The molecule has 2 rings (SSSR count). The van der Waals surface area contributed by atoms with Crippen LogP contribution in [0.1, 0.15) is 26.3 Å². The summed E-state index contributed by atoms with van der Waals surface area (Å²) < 4.78 is 0.803. The van der Waals surface area contributed by atoms with Gasteiger partial charge in [-0.3, -0.25) is 4.79 Å². The van der Waals surface area contributed by atoms with Crippen LogP contribution in [0.2, 0.25) is 5.02 Å². The van der Waals surface area contributed by atoms with Crippen molar-refractivity contribution in [2.75, 3.05) is 5.32 Å². The molecule has 0 aliphatic carbocycles. The van der Waals surface area contributed by atoms with Crippen molar-refractivity contribution in [2.45, 2.75) is 6.92 Å². The Balaban J connectivity index is 2.26. The molecule has 0 heterocycles. The van der Waals surface area contributed by atoms with E-state index in [1.54, 1.807) is 6.07 Å². The molecule has 0 aliphatic heterocycles. The van der Waals surface area contributed by atoms with E-state index in [9.17, 15) is 9.59 Å². The summed E-state index contributed by atoms with van der Waals surface area (Å²) in [5, 5.41) is 11.7. The Morgan fingerprint density at radius 2 is 1.86 bits per heavy atom. The second-order valence-electron chi connectivity index (χ2n) is 4.41. The van der Waals surface area contributed by atoms with Crippen molar-refractivity contribution in [1.82, 2.24) is 0 Å². The Bertz CT molecular complexity index is 731. The van der Waals surface area contributed by atoms with Gasteiger partial charge in [-0.05, 0) is 42.8 Å². The number of aryl methyl sites for hydroxylation is 1. The lowest BCUT2D eigenvalue weighted by Gasteiger charge is -2.09. The van der Waals surface area contributed by atoms with Crippen LogP contribution in [-0.4, -0.2) is 17.0 Å². The zero-order chi connectivity index (χ0) is 15.6. The molecule has 0 aromatic heterocycles. The maximum Gasteiger partial charge on any atom is 0.337 e. The van der Waals surface area contributed by atoms with Crippen LogP contribution in [0.25, 0.3) is 0 Å². The third-order valence-corrected chi connectivity index (χ3v) is 3.71. The molecule has 2 aromatic rings. The van der Waals surface area contributed by atoms with Crippen LogP contribution in [0.4, 0.5) is 5.69 Å². The number of halogens is 2. The predicted octanol–water partition coefficient (Wildman–Crippen LogP) is 4.36. The van der Waals surface area contributed by atoms with E-state index in [4.69, 9.17) is 16.7 Å². The fourth-order valence-corrected chi connectivity index (χ4v) is 2.43. The highest BCUT2D eigenvalue weighted by Gasteiger charge is 2.13. The molecule has 0 aliphatic rings. The van der Waals surface area contributed by atoms with Gasteiger partial charge in [0.05, 0.1) is 10.6 Å². The van der Waals surface area contributed by atoms with E-state index < -0.39 is 5.97 Å². The second-order valence-corrected chi connectivity index (χ2v) is 5.74. The van der Waals surface area contributed by atoms with Crippen LogP contribution in [0, 0.1) is 6.92 Å². The van der Waals surface area contributed by atoms with Crippen molar-refractivity contribution in [3.8, 4) is 0 Å². The van der Waals surface area contributed by atoms with Gasteiger partial charge < -0.3 is 10.4 Å². The lowest BCUT2D eigenvalue weighted by molar-refractivity contribution is 0.0697. The minimum atomic E-state index is -1.11. The highest BCUT2D eigenvalue weighted by Crippen LogP contribution is 2.22. The summed E-state index contributed by atoms with van der Waals surface area (Å²) in [4.78, 5) is 23.1. The number of nitrogens with one attached hydrogen (secondary N) is 1. The summed E-state index contributed by atoms with van der Waals surface area (Å²) in [5.41, 5.74) is 1.80. The molecular weight excluding hydrogens is 358 g/mol. The van der Waals surface area contributed by atoms with Gasteiger partial charge in [-0.1, -0.05) is 33.6 Å². The Labute approximate surface area is 134 Å². The van der Waals surface area contributed by atoms with Gasteiger partial charge in [0.1, 0.15) is 0 Å². The SMILES string of the molecule is Cc1ccc(Br)cc1C(=O)Nc1ccc(C(=O)O)c(Cl)c1. The number of benzene rings is 2. The Kier molecular flexibility index (Phi) is 4.65. The van der Waals surface area contributed by atoms with Gasteiger partial charge in [-0.25, -0.2) is 4.79 Å². The summed E-state index contributed by atoms with van der Waals surface area (Å²) >= 11 is 9.19. The number of hydrogen-bond acceptors (Lipinski definition) is 2. The third-order valence-electron chi connectivity index (χ3n) is 2.90. The fourth-order valence-electron chi connectivity index (χ4n) is 1.80. The normalized spacial score (nSPS) is 10.2. The largest absolute Gasteiger partial charge is 0.478 e. The van der Waals surface area contributed by atoms with Crippen molar-refractivity contribution < 1.29 is 14.7 Å². The monoisotopic (exact) mass is 367 g/mol. The summed E-state index contributed by atoms with van der Waals surface area (Å²) in [6.45, 7) is 1.84. The van der Waals surface area contributed by atoms with Gasteiger partial charge >= 0.3 is 5.97 Å². The molecule has 21 heavy (non-hydrogen) atoms. The first-order valence-electron chi connectivity index (χ1n) is 5.99. The molecule has 0 unspecified atom stereocenters. The van der Waals surface area contributed by atoms with Gasteiger partial charge in [0.2, 0.25) is 0 Å². The van der Waals surface area contributed by atoms with Gasteiger partial charge in [-0.15, -0.1) is 0 Å². The number of carbonyl (C=O) groups excluding carboxylic acids is 1. The molecule has 0 atom stereocenters. The van der Waals surface area contributed by atoms with Crippen LogP contribution >= 0.6 is 27.5 Å². The summed E-state index contributed by atoms with van der Waals surface area (Å²) in [6.07, 6.45) is 0. The van der Waals surface area contributed by atoms with Crippen molar-refractivity contribution >= 4 is 45.1 Å². The lowest BCUT2D eigenvalue weighted by Crippen LogP contribution is -2.13. The van der Waals surface area contributed by atoms with E-state index >= 15 is 0 Å². The molecular formula is C15H11BrClNO3. The maximum absolute atomic E-state index is 12.2. The summed E-state index contributed by atoms with van der Waals surface area (Å²) in [7, 11) is 0. The number of rotatable bonds is 3. The molecule has 0 saturated heterocycles. The Morgan fingerprint density at radius 3 is 2.48 bits per heavy atom. The van der Waals surface area contributed by atoms with Gasteiger partial charge in [-0.2, -0.15) is 0 Å². The predicted molar refractivity (Wildman–Crippen MR) is 85.2 cm³/mol. The zero-order valence-corrected chi connectivity index (χ0v) is 13.3. The van der Waals surface area contributed by atoms with Crippen LogP contribution < -0.4 is 5.32 Å². The van der Waals surface area contributed by atoms with E-state index in [-0.39, 0.29) is 16.5 Å². The number of anilines is 1. The number of carboxylic acid groups (broad SMARTS) is 1. The molecule has 108 valence electrons. The summed E-state index contributed by atoms with van der Waals surface area (Å²) in [5.74, 6) is -1.39. The molecule has 4 nitrogen and oxygen atoms in total. The average Bonchev–Trinajstić information content (AvgIpc) is 2.41. The van der Waals surface area contributed by atoms with Gasteiger partial charge in [0.25, 0.3) is 5.91 Å². The molecule has 1 amide bonds. The minimum absolute atomic E-state index is 0.00620. The van der Waals surface area contributed by atoms with Crippen LogP contribution in [0.3, 0.4) is 0 Å². The molecule has 0 bridgehead atoms. The lowest BCUT2D eigenvalue weighted by atomic mass is 10.1. The first kappa shape index (κ1) is 15.5. The standard InChI is InChI=1S/C15H11BrClNO3/c1-8-2-3-9(16)6-12(8)14(19)18-10-4-5-11(15(20)21)13(17)7-10/h2-7H,1H3,(H,18,19)(H,20,21). The van der Waals surface area contributed by atoms with Crippen molar-refractivity contribution in [3.05, 3.63) is 62.6 Å². The average molecular weight is 369 g/mol. The highest BCUT2D eigenvalue weighted by molar-refractivity contribution is 9.10. The third kappa shape index (κ3) is 3.62. The number of amides is 1. The number of carbonyl (C=O) groups is 2. The molecule has 0 radical (unpaired) electrons. The van der Waals surface area contributed by atoms with E-state index in [1.807, 2.05) is 19.1 Å². The zero-order valence-electron chi connectivity index (χ0n) is 11.0. The van der Waals surface area contributed by atoms with Crippen molar-refractivity contribution in [2.24, 2.45) is 0 Å². The van der Waals surface area contributed by atoms with Crippen molar-refractivity contribution in [1.29, 1.82) is 0 Å². The van der Waals surface area contributed by atoms with Crippen LogP contribution in [0.15, 0.2) is 40.9 Å². The van der Waals surface area contributed by atoms with Gasteiger partial charge in [0.15, 0.2) is 0 Å².